The predicted octanol–water partition coefficient (Wildman–Crippen LogP) is 4.96. The molecular formula is C21H26FN3O2. The van der Waals surface area contributed by atoms with Crippen LogP contribution in [0, 0.1) is 35.9 Å². The third-order valence-electron chi connectivity index (χ3n) is 5.42. The number of hydrogen-bond donors (Lipinski definition) is 2. The molecular weight excluding hydrogens is 345 g/mol. The summed E-state index contributed by atoms with van der Waals surface area (Å²) in [7, 11) is 0. The molecule has 0 bridgehead atoms. The minimum Gasteiger partial charge on any atom is -0.459 e. The third kappa shape index (κ3) is 4.24. The van der Waals surface area contributed by atoms with Gasteiger partial charge in [-0.15, -0.1) is 0 Å². The Bertz CT molecular complexity index is 860. The molecule has 0 aliphatic heterocycles. The number of carbonyl (C=O) groups excluding carboxylic acids is 1. The lowest BCUT2D eigenvalue weighted by Gasteiger charge is -2.27. The van der Waals surface area contributed by atoms with Crippen LogP contribution >= 0.6 is 0 Å². The second-order valence-corrected chi connectivity index (χ2v) is 7.75. The van der Waals surface area contributed by atoms with Gasteiger partial charge in [-0.1, -0.05) is 13.8 Å². The van der Waals surface area contributed by atoms with E-state index in [1.54, 1.807) is 6.07 Å². The Morgan fingerprint density at radius 1 is 1.30 bits per heavy atom. The molecule has 2 amide bonds. The van der Waals surface area contributed by atoms with Crippen molar-refractivity contribution in [3.8, 4) is 6.07 Å². The normalized spacial score (nSPS) is 21.0. The molecule has 1 aliphatic rings. The van der Waals surface area contributed by atoms with Crippen LogP contribution in [-0.2, 0) is 0 Å². The number of nitrogens with one attached hydrogen (secondary N) is 2. The molecule has 0 saturated heterocycles. The molecule has 1 aromatic heterocycles. The molecule has 6 heteroatoms. The number of carbonyl (C=O) groups is 1. The quantitative estimate of drug-likeness (QED) is 0.797. The van der Waals surface area contributed by atoms with Crippen molar-refractivity contribution in [1.29, 1.82) is 5.26 Å². The van der Waals surface area contributed by atoms with Gasteiger partial charge in [0.15, 0.2) is 0 Å². The van der Waals surface area contributed by atoms with Crippen molar-refractivity contribution in [3.05, 3.63) is 35.3 Å². The van der Waals surface area contributed by atoms with Crippen LogP contribution in [0.2, 0.25) is 0 Å². The van der Waals surface area contributed by atoms with E-state index in [9.17, 15) is 9.18 Å². The highest BCUT2D eigenvalue weighted by Crippen LogP contribution is 2.33. The monoisotopic (exact) mass is 371 g/mol. The van der Waals surface area contributed by atoms with Crippen LogP contribution in [0.15, 0.2) is 22.6 Å². The van der Waals surface area contributed by atoms with Crippen LogP contribution in [-0.4, -0.2) is 12.1 Å². The highest BCUT2D eigenvalue weighted by molar-refractivity contribution is 5.82. The second kappa shape index (κ2) is 7.99. The molecule has 1 saturated carbocycles. The molecule has 5 nitrogen and oxygen atoms in total. The molecule has 1 fully saturated rings. The second-order valence-electron chi connectivity index (χ2n) is 7.75. The van der Waals surface area contributed by atoms with E-state index in [0.717, 1.165) is 36.6 Å². The van der Waals surface area contributed by atoms with Crippen molar-refractivity contribution < 1.29 is 13.6 Å². The zero-order chi connectivity index (χ0) is 19.6. The largest absolute Gasteiger partial charge is 0.459 e. The first kappa shape index (κ1) is 19.2. The molecule has 0 unspecified atom stereocenters. The van der Waals surface area contributed by atoms with Gasteiger partial charge in [0.25, 0.3) is 0 Å². The maximum atomic E-state index is 13.6. The number of furan rings is 1. The molecule has 2 aromatic rings. The van der Waals surface area contributed by atoms with Crippen LogP contribution < -0.4 is 10.6 Å². The van der Waals surface area contributed by atoms with Gasteiger partial charge in [0.2, 0.25) is 0 Å². The summed E-state index contributed by atoms with van der Waals surface area (Å²) in [5, 5.41) is 15.8. The number of nitriles is 1. The number of hydrogen-bond acceptors (Lipinski definition) is 3. The van der Waals surface area contributed by atoms with E-state index in [4.69, 9.17) is 9.68 Å². The number of aryl methyl sites for hydroxylation is 1. The van der Waals surface area contributed by atoms with Crippen LogP contribution in [0.5, 0.6) is 0 Å². The first-order valence-electron chi connectivity index (χ1n) is 9.54. The summed E-state index contributed by atoms with van der Waals surface area (Å²) >= 11 is 0. The lowest BCUT2D eigenvalue weighted by atomic mass is 9.87. The van der Waals surface area contributed by atoms with E-state index in [-0.39, 0.29) is 35.8 Å². The SMILES string of the molecule is Cc1c([C@@H](NC(=O)NC2CCC(C#N)CC2)C(C)C)oc2ccc(F)cc12. The highest BCUT2D eigenvalue weighted by atomic mass is 19.1. The molecule has 27 heavy (non-hydrogen) atoms. The maximum absolute atomic E-state index is 13.6. The van der Waals surface area contributed by atoms with Crippen molar-refractivity contribution in [2.24, 2.45) is 11.8 Å². The lowest BCUT2D eigenvalue weighted by molar-refractivity contribution is 0.220. The van der Waals surface area contributed by atoms with E-state index < -0.39 is 0 Å². The van der Waals surface area contributed by atoms with Gasteiger partial charge in [-0.05, 0) is 56.7 Å². The van der Waals surface area contributed by atoms with Gasteiger partial charge in [-0.2, -0.15) is 5.26 Å². The Kier molecular flexibility index (Phi) is 5.69. The van der Waals surface area contributed by atoms with Gasteiger partial charge in [0.05, 0.1) is 12.1 Å². The average Bonchev–Trinajstić information content (AvgIpc) is 2.96. The average molecular weight is 371 g/mol. The minimum absolute atomic E-state index is 0.0910. The number of benzene rings is 1. The number of nitrogens with zero attached hydrogens (tertiary/aromatic N) is 1. The summed E-state index contributed by atoms with van der Waals surface area (Å²) in [6, 6.07) is 6.30. The zero-order valence-electron chi connectivity index (χ0n) is 16.0. The van der Waals surface area contributed by atoms with E-state index in [1.165, 1.54) is 12.1 Å². The van der Waals surface area contributed by atoms with Crippen LogP contribution in [0.3, 0.4) is 0 Å². The molecule has 0 radical (unpaired) electrons. The molecule has 0 spiro atoms. The van der Waals surface area contributed by atoms with Gasteiger partial charge in [-0.25, -0.2) is 9.18 Å². The Balaban J connectivity index is 1.72. The number of rotatable bonds is 4. The summed E-state index contributed by atoms with van der Waals surface area (Å²) in [5.41, 5.74) is 1.46. The van der Waals surface area contributed by atoms with E-state index in [0.29, 0.717) is 11.3 Å². The standard InChI is InChI=1S/C21H26FN3O2/c1-12(2)19(20-13(3)17-10-15(22)6-9-18(17)27-20)25-21(26)24-16-7-4-14(11-23)5-8-16/h6,9-10,12,14,16,19H,4-5,7-8H2,1-3H3,(H2,24,25,26)/t14?,16?,19-/m0/s1. The van der Waals surface area contributed by atoms with Crippen molar-refractivity contribution >= 4 is 17.0 Å². The van der Waals surface area contributed by atoms with Crippen molar-refractivity contribution in [1.82, 2.24) is 10.6 Å². The minimum atomic E-state index is -0.309. The van der Waals surface area contributed by atoms with Gasteiger partial charge in [0.1, 0.15) is 17.2 Å². The molecule has 1 aliphatic carbocycles. The smallest absolute Gasteiger partial charge is 0.315 e. The molecule has 1 aromatic carbocycles. The van der Waals surface area contributed by atoms with Crippen molar-refractivity contribution in [2.75, 3.05) is 0 Å². The molecule has 144 valence electrons. The molecule has 2 N–H and O–H groups in total. The molecule has 1 heterocycles. The summed E-state index contributed by atoms with van der Waals surface area (Å²) in [6.45, 7) is 5.91. The van der Waals surface area contributed by atoms with Gasteiger partial charge in [0, 0.05) is 22.9 Å². The first-order valence-corrected chi connectivity index (χ1v) is 9.54. The summed E-state index contributed by atoms with van der Waals surface area (Å²) in [6.07, 6.45) is 3.29. The van der Waals surface area contributed by atoms with Crippen molar-refractivity contribution in [3.63, 3.8) is 0 Å². The lowest BCUT2D eigenvalue weighted by Crippen LogP contribution is -2.45. The fourth-order valence-electron chi connectivity index (χ4n) is 3.78. The number of amides is 2. The topological polar surface area (TPSA) is 78.1 Å². The predicted molar refractivity (Wildman–Crippen MR) is 102 cm³/mol. The van der Waals surface area contributed by atoms with Gasteiger partial charge < -0.3 is 15.1 Å². The summed E-state index contributed by atoms with van der Waals surface area (Å²) in [5.74, 6) is 0.564. The van der Waals surface area contributed by atoms with Gasteiger partial charge in [-0.3, -0.25) is 0 Å². The molecule has 3 rings (SSSR count). The Labute approximate surface area is 158 Å². The Morgan fingerprint density at radius 3 is 2.63 bits per heavy atom. The van der Waals surface area contributed by atoms with E-state index in [2.05, 4.69) is 16.7 Å². The van der Waals surface area contributed by atoms with E-state index >= 15 is 0 Å². The number of urea groups is 1. The number of fused-ring (bicyclic) bond motifs is 1. The zero-order valence-corrected chi connectivity index (χ0v) is 16.0. The number of halogens is 1. The Hall–Kier alpha value is -2.55. The fourth-order valence-corrected chi connectivity index (χ4v) is 3.78. The summed E-state index contributed by atoms with van der Waals surface area (Å²) in [4.78, 5) is 12.5. The Morgan fingerprint density at radius 2 is 2.00 bits per heavy atom. The van der Waals surface area contributed by atoms with Crippen LogP contribution in [0.4, 0.5) is 9.18 Å². The first-order chi connectivity index (χ1) is 12.9. The van der Waals surface area contributed by atoms with Crippen LogP contribution in [0.1, 0.15) is 56.9 Å². The summed E-state index contributed by atoms with van der Waals surface area (Å²) < 4.78 is 19.5. The fraction of sp³-hybridized carbons (Fsp3) is 0.524. The maximum Gasteiger partial charge on any atom is 0.315 e. The van der Waals surface area contributed by atoms with Crippen LogP contribution in [0.25, 0.3) is 11.0 Å². The van der Waals surface area contributed by atoms with E-state index in [1.807, 2.05) is 20.8 Å². The van der Waals surface area contributed by atoms with Gasteiger partial charge >= 0.3 is 6.03 Å². The third-order valence-corrected chi connectivity index (χ3v) is 5.42. The highest BCUT2D eigenvalue weighted by Gasteiger charge is 2.27. The molecule has 1 atom stereocenters. The van der Waals surface area contributed by atoms with Crippen molar-refractivity contribution in [2.45, 2.75) is 58.5 Å².